The molecule has 31 heavy (non-hydrogen) atoms. The zero-order chi connectivity index (χ0) is 21.8. The van der Waals surface area contributed by atoms with Gasteiger partial charge >= 0.3 is 0 Å². The summed E-state index contributed by atoms with van der Waals surface area (Å²) in [6, 6.07) is 14.1. The molecule has 0 unspecified atom stereocenters. The minimum Gasteiger partial charge on any atom is -0.331 e. The van der Waals surface area contributed by atoms with Crippen LogP contribution in [0.15, 0.2) is 47.8 Å². The minimum atomic E-state index is -0.330. The lowest BCUT2D eigenvalue weighted by atomic mass is 9.98. The van der Waals surface area contributed by atoms with Crippen molar-refractivity contribution in [2.75, 3.05) is 33.2 Å². The van der Waals surface area contributed by atoms with Crippen LogP contribution in [0.3, 0.4) is 0 Å². The smallest absolute Gasteiger partial charge is 0.282 e. The molecule has 0 saturated carbocycles. The third-order valence-electron chi connectivity index (χ3n) is 5.23. The molecule has 1 saturated heterocycles. The number of piperazine rings is 1. The van der Waals surface area contributed by atoms with Gasteiger partial charge in [0.15, 0.2) is 0 Å². The van der Waals surface area contributed by atoms with Crippen molar-refractivity contribution in [1.29, 1.82) is 5.26 Å². The minimum absolute atomic E-state index is 0.00338. The number of hydrogen-bond donors (Lipinski definition) is 0. The maximum atomic E-state index is 13.5. The number of likely N-dealkylation sites (N-methyl/N-ethyl adjacent to an activating group) is 1. The Morgan fingerprint density at radius 1 is 1.23 bits per heavy atom. The third kappa shape index (κ3) is 4.96. The number of benzene rings is 1. The number of rotatable bonds is 4. The summed E-state index contributed by atoms with van der Waals surface area (Å²) >= 11 is 2.74. The van der Waals surface area contributed by atoms with E-state index in [0.717, 1.165) is 29.2 Å². The highest BCUT2D eigenvalue weighted by atomic mass is 32.2. The second kappa shape index (κ2) is 9.60. The Hall–Kier alpha value is -2.73. The van der Waals surface area contributed by atoms with Crippen LogP contribution in [0.25, 0.3) is 21.7 Å². The summed E-state index contributed by atoms with van der Waals surface area (Å²) in [4.78, 5) is 22.5. The number of amides is 1. The van der Waals surface area contributed by atoms with Gasteiger partial charge in [0, 0.05) is 37.5 Å². The van der Waals surface area contributed by atoms with Crippen molar-refractivity contribution in [3.63, 3.8) is 0 Å². The molecule has 0 bridgehead atoms. The van der Waals surface area contributed by atoms with Gasteiger partial charge in [0.25, 0.3) is 5.24 Å². The Morgan fingerprint density at radius 3 is 2.61 bits per heavy atom. The molecular formula is C23H21FN4OS2. The maximum Gasteiger partial charge on any atom is 0.282 e. The molecule has 3 aromatic rings. The molecule has 1 amide bonds. The quantitative estimate of drug-likeness (QED) is 0.552. The first-order valence-electron chi connectivity index (χ1n) is 9.89. The van der Waals surface area contributed by atoms with Gasteiger partial charge < -0.3 is 9.80 Å². The monoisotopic (exact) mass is 452 g/mol. The fourth-order valence-corrected chi connectivity index (χ4v) is 4.97. The number of thioether (sulfide) groups is 1. The zero-order valence-electron chi connectivity index (χ0n) is 17.0. The summed E-state index contributed by atoms with van der Waals surface area (Å²) in [6.45, 7) is 3.13. The molecule has 3 heterocycles. The van der Waals surface area contributed by atoms with Crippen molar-refractivity contribution in [3.05, 3.63) is 64.9 Å². The van der Waals surface area contributed by atoms with E-state index in [1.165, 1.54) is 23.9 Å². The van der Waals surface area contributed by atoms with Crippen LogP contribution in [0.5, 0.6) is 0 Å². The van der Waals surface area contributed by atoms with Gasteiger partial charge in [-0.05, 0) is 42.3 Å². The summed E-state index contributed by atoms with van der Waals surface area (Å²) in [5.74, 6) is -0.0232. The summed E-state index contributed by atoms with van der Waals surface area (Å²) < 4.78 is 13.5. The van der Waals surface area contributed by atoms with Gasteiger partial charge in [-0.3, -0.25) is 4.79 Å². The Morgan fingerprint density at radius 2 is 1.97 bits per heavy atom. The fraction of sp³-hybridized carbons (Fsp3) is 0.261. The van der Waals surface area contributed by atoms with Crippen molar-refractivity contribution < 1.29 is 9.18 Å². The molecule has 5 nitrogen and oxygen atoms in total. The summed E-state index contributed by atoms with van der Waals surface area (Å²) in [7, 11) is 2.05. The first-order chi connectivity index (χ1) is 15.0. The highest BCUT2D eigenvalue weighted by molar-refractivity contribution is 8.12. The van der Waals surface area contributed by atoms with E-state index >= 15 is 0 Å². The van der Waals surface area contributed by atoms with E-state index in [2.05, 4.69) is 11.0 Å². The summed E-state index contributed by atoms with van der Waals surface area (Å²) in [5.41, 5.74) is 3.18. The first kappa shape index (κ1) is 21.5. The fourth-order valence-electron chi connectivity index (χ4n) is 3.45. The van der Waals surface area contributed by atoms with E-state index in [1.54, 1.807) is 23.5 Å². The van der Waals surface area contributed by atoms with Gasteiger partial charge in [0.05, 0.1) is 21.8 Å². The van der Waals surface area contributed by atoms with E-state index in [9.17, 15) is 14.4 Å². The zero-order valence-corrected chi connectivity index (χ0v) is 18.7. The lowest BCUT2D eigenvalue weighted by molar-refractivity contribution is 0.172. The predicted molar refractivity (Wildman–Crippen MR) is 123 cm³/mol. The number of carbonyl (C=O) groups excluding carboxylic acids is 1. The van der Waals surface area contributed by atoms with Crippen LogP contribution in [0.4, 0.5) is 9.18 Å². The predicted octanol–water partition coefficient (Wildman–Crippen LogP) is 5.09. The van der Waals surface area contributed by atoms with Crippen LogP contribution >= 0.6 is 23.1 Å². The van der Waals surface area contributed by atoms with Gasteiger partial charge in [-0.25, -0.2) is 9.37 Å². The van der Waals surface area contributed by atoms with Crippen LogP contribution in [-0.4, -0.2) is 53.2 Å². The average molecular weight is 453 g/mol. The molecule has 0 spiro atoms. The largest absolute Gasteiger partial charge is 0.331 e. The Labute approximate surface area is 189 Å². The molecule has 1 aliphatic heterocycles. The first-order valence-corrected chi connectivity index (χ1v) is 11.8. The lowest BCUT2D eigenvalue weighted by Crippen LogP contribution is -2.45. The molecule has 1 aliphatic rings. The molecule has 4 rings (SSSR count). The number of carbonyl (C=O) groups is 1. The third-order valence-corrected chi connectivity index (χ3v) is 7.04. The average Bonchev–Trinajstić information content (AvgIpc) is 3.33. The number of halogens is 1. The maximum absolute atomic E-state index is 13.5. The number of pyridine rings is 1. The second-order valence-electron chi connectivity index (χ2n) is 7.32. The number of aromatic nitrogens is 1. The van der Waals surface area contributed by atoms with Crippen LogP contribution in [0.1, 0.15) is 11.3 Å². The Kier molecular flexibility index (Phi) is 6.66. The van der Waals surface area contributed by atoms with E-state index in [-0.39, 0.29) is 11.1 Å². The van der Waals surface area contributed by atoms with Crippen molar-refractivity contribution in [1.82, 2.24) is 14.8 Å². The highest BCUT2D eigenvalue weighted by Gasteiger charge is 2.21. The van der Waals surface area contributed by atoms with Gasteiger partial charge in [0.1, 0.15) is 11.9 Å². The normalized spacial score (nSPS) is 14.4. The molecule has 2 aromatic heterocycles. The van der Waals surface area contributed by atoms with Crippen molar-refractivity contribution >= 4 is 28.3 Å². The molecule has 0 aliphatic carbocycles. The highest BCUT2D eigenvalue weighted by Crippen LogP contribution is 2.33. The van der Waals surface area contributed by atoms with Crippen LogP contribution < -0.4 is 0 Å². The number of nitriles is 1. The van der Waals surface area contributed by atoms with Crippen LogP contribution in [0.2, 0.25) is 0 Å². The SMILES string of the molecule is CN1CCN(C(=O)SCc2nc(-c3cccs3)cc(-c3ccc(F)cc3)c2C#N)CC1. The van der Waals surface area contributed by atoms with E-state index in [1.807, 2.05) is 35.5 Å². The lowest BCUT2D eigenvalue weighted by Gasteiger charge is -2.32. The molecule has 1 aromatic carbocycles. The Bertz CT molecular complexity index is 1100. The second-order valence-corrected chi connectivity index (χ2v) is 9.19. The summed E-state index contributed by atoms with van der Waals surface area (Å²) in [6.07, 6.45) is 0. The van der Waals surface area contributed by atoms with Gasteiger partial charge in [0.2, 0.25) is 0 Å². The van der Waals surface area contributed by atoms with Crippen LogP contribution in [0, 0.1) is 17.1 Å². The molecule has 0 radical (unpaired) electrons. The number of nitrogens with zero attached hydrogens (tertiary/aromatic N) is 4. The van der Waals surface area contributed by atoms with E-state index in [4.69, 9.17) is 4.98 Å². The molecule has 0 N–H and O–H groups in total. The van der Waals surface area contributed by atoms with Crippen molar-refractivity contribution in [2.24, 2.45) is 0 Å². The Balaban J connectivity index is 1.66. The number of hydrogen-bond acceptors (Lipinski definition) is 6. The molecule has 1 fully saturated rings. The van der Waals surface area contributed by atoms with E-state index < -0.39 is 0 Å². The summed E-state index contributed by atoms with van der Waals surface area (Å²) in [5, 5.41) is 11.9. The van der Waals surface area contributed by atoms with Crippen molar-refractivity contribution in [3.8, 4) is 27.8 Å². The molecular weight excluding hydrogens is 431 g/mol. The topological polar surface area (TPSA) is 60.2 Å². The van der Waals surface area contributed by atoms with Crippen molar-refractivity contribution in [2.45, 2.75) is 5.75 Å². The van der Waals surface area contributed by atoms with Gasteiger partial charge in [-0.1, -0.05) is 30.0 Å². The number of thiophene rings is 1. The molecule has 8 heteroatoms. The molecule has 158 valence electrons. The van der Waals surface area contributed by atoms with E-state index in [0.29, 0.717) is 35.7 Å². The standard InChI is InChI=1S/C23H21FN4OS2/c1-27-8-10-28(11-9-27)23(29)31-15-21-19(14-25)18(16-4-6-17(24)7-5-16)13-20(26-21)22-3-2-12-30-22/h2-7,12-13H,8-11,15H2,1H3. The van der Waals surface area contributed by atoms with Crippen LogP contribution in [-0.2, 0) is 5.75 Å². The van der Waals surface area contributed by atoms with Gasteiger partial charge in [-0.2, -0.15) is 5.26 Å². The molecule has 0 atom stereocenters. The van der Waals surface area contributed by atoms with Gasteiger partial charge in [-0.15, -0.1) is 11.3 Å².